The van der Waals surface area contributed by atoms with Gasteiger partial charge in [0.05, 0.1) is 5.69 Å². The minimum Gasteiger partial charge on any atom is -0.311 e. The van der Waals surface area contributed by atoms with E-state index in [9.17, 15) is 0 Å². The molecule has 4 saturated carbocycles. The Morgan fingerprint density at radius 2 is 0.881 bits per heavy atom. The lowest BCUT2D eigenvalue weighted by atomic mass is 9.33. The average molecular weight is 757 g/mol. The van der Waals surface area contributed by atoms with E-state index in [2.05, 4.69) is 161 Å². The van der Waals surface area contributed by atoms with Crippen LogP contribution >= 0.6 is 0 Å². The minimum atomic E-state index is 0.0489. The van der Waals surface area contributed by atoms with Gasteiger partial charge in [0, 0.05) is 50.4 Å². The highest BCUT2D eigenvalue weighted by molar-refractivity contribution is 7.00. The van der Waals surface area contributed by atoms with Gasteiger partial charge in [0.1, 0.15) is 0 Å². The molecule has 0 N–H and O–H groups in total. The Kier molecular flexibility index (Phi) is 6.02. The number of hydrogen-bond acceptors (Lipinski definition) is 2. The molecule has 4 fully saturated rings. The Bertz CT molecular complexity index is 2930. The fraction of sp³-hybridized carbons (Fsp3) is 0.250. The maximum Gasteiger partial charge on any atom is 0.252 e. The zero-order valence-corrected chi connectivity index (χ0v) is 33.4. The molecule has 7 aromatic rings. The zero-order chi connectivity index (χ0) is 38.2. The van der Waals surface area contributed by atoms with Gasteiger partial charge in [-0.15, -0.1) is 0 Å². The summed E-state index contributed by atoms with van der Waals surface area (Å²) in [5.41, 5.74) is 24.9. The van der Waals surface area contributed by atoms with Gasteiger partial charge in [0.15, 0.2) is 0 Å². The van der Waals surface area contributed by atoms with Crippen molar-refractivity contribution in [2.75, 3.05) is 9.80 Å². The van der Waals surface area contributed by atoms with Gasteiger partial charge in [-0.2, -0.15) is 0 Å². The van der Waals surface area contributed by atoms with Crippen LogP contribution in [0.25, 0.3) is 22.3 Å². The lowest BCUT2D eigenvalue weighted by Gasteiger charge is -2.46. The van der Waals surface area contributed by atoms with Gasteiger partial charge >= 0.3 is 0 Å². The fourth-order valence-electron chi connectivity index (χ4n) is 15.9. The van der Waals surface area contributed by atoms with Gasteiger partial charge < -0.3 is 9.80 Å². The topological polar surface area (TPSA) is 6.48 Å². The summed E-state index contributed by atoms with van der Waals surface area (Å²) < 4.78 is 0. The van der Waals surface area contributed by atoms with Crippen molar-refractivity contribution in [2.24, 2.45) is 23.7 Å². The van der Waals surface area contributed by atoms with E-state index in [1.165, 1.54) is 124 Å². The summed E-state index contributed by atoms with van der Waals surface area (Å²) in [5, 5.41) is 0. The van der Waals surface area contributed by atoms with Crippen molar-refractivity contribution in [3.63, 3.8) is 0 Å². The Labute approximate surface area is 347 Å². The molecule has 0 aromatic heterocycles. The lowest BCUT2D eigenvalue weighted by Crippen LogP contribution is -2.61. The summed E-state index contributed by atoms with van der Waals surface area (Å²) in [4.78, 5) is 5.46. The smallest absolute Gasteiger partial charge is 0.252 e. The number of para-hydroxylation sites is 3. The van der Waals surface area contributed by atoms with E-state index < -0.39 is 0 Å². The molecule has 4 bridgehead atoms. The Morgan fingerprint density at radius 3 is 1.49 bits per heavy atom. The second-order valence-electron chi connectivity index (χ2n) is 19.3. The number of fused-ring (bicyclic) bond motifs is 12. The Morgan fingerprint density at radius 1 is 0.390 bits per heavy atom. The molecular formula is C56H45BN2. The van der Waals surface area contributed by atoms with E-state index >= 15 is 0 Å². The zero-order valence-electron chi connectivity index (χ0n) is 33.4. The van der Waals surface area contributed by atoms with E-state index in [-0.39, 0.29) is 17.5 Å². The van der Waals surface area contributed by atoms with Crippen molar-refractivity contribution in [2.45, 2.75) is 62.2 Å². The number of anilines is 6. The molecule has 59 heavy (non-hydrogen) atoms. The molecule has 0 amide bonds. The number of benzene rings is 7. The standard InChI is InChI=1S/C56H45BN2/c1-3-13-38(14-4-1)58-48-22-12-11-21-46(48)57-47-32-31-44-50(40-17-7-9-19-42(40)55(44)34-23-24-35(55)26-25-34)53(47)59(39-15-5-2-6-16-39)54-51-41-18-8-10-20-43(41)56(36-27-28-37(56)30-29-36)45(51)33-49(58)52(54)57/h1-22,31-37H,23-30H2. The van der Waals surface area contributed by atoms with Crippen LogP contribution in [0.3, 0.4) is 0 Å². The highest BCUT2D eigenvalue weighted by Gasteiger charge is 2.63. The molecule has 2 heterocycles. The second-order valence-corrected chi connectivity index (χ2v) is 19.3. The first-order valence-electron chi connectivity index (χ1n) is 22.7. The molecule has 0 radical (unpaired) electrons. The lowest BCUT2D eigenvalue weighted by molar-refractivity contribution is 0.400. The predicted molar refractivity (Wildman–Crippen MR) is 244 cm³/mol. The third kappa shape index (κ3) is 3.56. The van der Waals surface area contributed by atoms with E-state index in [1.54, 1.807) is 22.3 Å². The van der Waals surface area contributed by atoms with Crippen LogP contribution in [-0.2, 0) is 10.8 Å². The normalized spacial score (nSPS) is 27.5. The van der Waals surface area contributed by atoms with Crippen molar-refractivity contribution in [1.82, 2.24) is 0 Å². The van der Waals surface area contributed by atoms with Gasteiger partial charge in [-0.05, 0) is 161 Å². The van der Waals surface area contributed by atoms with Crippen molar-refractivity contribution >= 4 is 57.2 Å². The van der Waals surface area contributed by atoms with Crippen LogP contribution in [0.15, 0.2) is 152 Å². The molecular weight excluding hydrogens is 711 g/mol. The first-order chi connectivity index (χ1) is 29.3. The van der Waals surface area contributed by atoms with Gasteiger partial charge in [0.25, 0.3) is 6.71 Å². The molecule has 6 aliphatic carbocycles. The van der Waals surface area contributed by atoms with Crippen LogP contribution in [0.1, 0.15) is 73.6 Å². The Balaban J connectivity index is 1.15. The van der Waals surface area contributed by atoms with E-state index in [1.807, 2.05) is 0 Å². The SMILES string of the molecule is c1ccc(N2c3ccccc3B3c4ccc5c(c4N(c4ccccc4)c4c3c2cc2c4-c3ccccc3C23C2CCC3CC2)-c2ccccc2C52C3CCC2CC3)cc1. The van der Waals surface area contributed by atoms with Crippen LogP contribution in [0.4, 0.5) is 34.1 Å². The summed E-state index contributed by atoms with van der Waals surface area (Å²) in [6.45, 7) is 0.0924. The molecule has 282 valence electrons. The molecule has 0 saturated heterocycles. The maximum absolute atomic E-state index is 2.82. The predicted octanol–water partition coefficient (Wildman–Crippen LogP) is 11.9. The summed E-state index contributed by atoms with van der Waals surface area (Å²) in [5.74, 6) is 2.77. The summed E-state index contributed by atoms with van der Waals surface area (Å²) in [7, 11) is 0. The largest absolute Gasteiger partial charge is 0.311 e. The molecule has 0 atom stereocenters. The number of rotatable bonds is 2. The highest BCUT2D eigenvalue weighted by Crippen LogP contribution is 2.72. The van der Waals surface area contributed by atoms with Gasteiger partial charge in [-0.25, -0.2) is 0 Å². The van der Waals surface area contributed by atoms with Crippen molar-refractivity contribution in [3.8, 4) is 22.3 Å². The first-order valence-corrected chi connectivity index (χ1v) is 22.7. The number of nitrogens with zero attached hydrogens (tertiary/aromatic N) is 2. The van der Waals surface area contributed by atoms with E-state index in [0.29, 0.717) is 23.7 Å². The van der Waals surface area contributed by atoms with Gasteiger partial charge in [-0.1, -0.05) is 115 Å². The summed E-state index contributed by atoms with van der Waals surface area (Å²) >= 11 is 0. The fourth-order valence-corrected chi connectivity index (χ4v) is 15.9. The first kappa shape index (κ1) is 32.1. The van der Waals surface area contributed by atoms with Crippen LogP contribution in [0, 0.1) is 23.7 Å². The molecule has 8 aliphatic rings. The Hall–Kier alpha value is -5.80. The summed E-state index contributed by atoms with van der Waals surface area (Å²) in [6, 6.07) is 59.6. The molecule has 7 aromatic carbocycles. The van der Waals surface area contributed by atoms with Crippen molar-refractivity contribution < 1.29 is 0 Å². The van der Waals surface area contributed by atoms with Gasteiger partial charge in [0.2, 0.25) is 0 Å². The third-order valence-electron chi connectivity index (χ3n) is 17.5. The molecule has 2 nitrogen and oxygen atoms in total. The highest BCUT2D eigenvalue weighted by atomic mass is 15.2. The van der Waals surface area contributed by atoms with Crippen LogP contribution in [-0.4, -0.2) is 6.71 Å². The molecule has 2 spiro atoms. The molecule has 0 unspecified atom stereocenters. The van der Waals surface area contributed by atoms with Gasteiger partial charge in [-0.3, -0.25) is 0 Å². The summed E-state index contributed by atoms with van der Waals surface area (Å²) in [6.07, 6.45) is 10.7. The second kappa shape index (κ2) is 11.1. The number of hydrogen-bond donors (Lipinski definition) is 0. The van der Waals surface area contributed by atoms with E-state index in [4.69, 9.17) is 0 Å². The maximum atomic E-state index is 2.82. The van der Waals surface area contributed by atoms with E-state index in [0.717, 1.165) is 0 Å². The van der Waals surface area contributed by atoms with Crippen LogP contribution in [0.2, 0.25) is 0 Å². The van der Waals surface area contributed by atoms with Crippen molar-refractivity contribution in [3.05, 3.63) is 174 Å². The molecule has 2 aliphatic heterocycles. The minimum absolute atomic E-state index is 0.0489. The van der Waals surface area contributed by atoms with Crippen molar-refractivity contribution in [1.29, 1.82) is 0 Å². The third-order valence-corrected chi connectivity index (χ3v) is 17.5. The molecule has 15 rings (SSSR count). The monoisotopic (exact) mass is 756 g/mol. The molecule has 3 heteroatoms. The van der Waals surface area contributed by atoms with Crippen LogP contribution in [0.5, 0.6) is 0 Å². The quantitative estimate of drug-likeness (QED) is 0.162. The van der Waals surface area contributed by atoms with Crippen LogP contribution < -0.4 is 26.2 Å². The average Bonchev–Trinajstić information content (AvgIpc) is 4.16.